The molecule has 142 valence electrons. The van der Waals surface area contributed by atoms with Crippen molar-refractivity contribution in [1.29, 1.82) is 0 Å². The van der Waals surface area contributed by atoms with Gasteiger partial charge in [0.05, 0.1) is 0 Å². The van der Waals surface area contributed by atoms with E-state index in [0.717, 1.165) is 50.7 Å². The zero-order valence-electron chi connectivity index (χ0n) is 15.5. The highest BCUT2D eigenvalue weighted by Crippen LogP contribution is 2.37. The summed E-state index contributed by atoms with van der Waals surface area (Å²) in [7, 11) is 0. The summed E-state index contributed by atoms with van der Waals surface area (Å²) in [5.74, 6) is 1.17. The molecule has 0 spiro atoms. The molecule has 26 heavy (non-hydrogen) atoms. The van der Waals surface area contributed by atoms with Gasteiger partial charge in [-0.3, -0.25) is 9.69 Å². The number of benzene rings is 1. The van der Waals surface area contributed by atoms with Crippen molar-refractivity contribution in [2.75, 3.05) is 32.7 Å². The quantitative estimate of drug-likeness (QED) is 0.858. The van der Waals surface area contributed by atoms with Gasteiger partial charge >= 0.3 is 0 Å². The van der Waals surface area contributed by atoms with E-state index in [1.165, 1.54) is 31.2 Å². The second kappa shape index (κ2) is 8.28. The predicted octanol–water partition coefficient (Wildman–Crippen LogP) is 3.15. The highest BCUT2D eigenvalue weighted by molar-refractivity contribution is 6.31. The zero-order chi connectivity index (χ0) is 17.9. The van der Waals surface area contributed by atoms with Crippen LogP contribution in [0.2, 0.25) is 5.02 Å². The Morgan fingerprint density at radius 2 is 1.77 bits per heavy atom. The third kappa shape index (κ3) is 4.08. The molecule has 1 aromatic rings. The summed E-state index contributed by atoms with van der Waals surface area (Å²) in [5, 5.41) is 4.12. The summed E-state index contributed by atoms with van der Waals surface area (Å²) in [4.78, 5) is 17.4. The van der Waals surface area contributed by atoms with Crippen molar-refractivity contribution in [3.63, 3.8) is 0 Å². The first kappa shape index (κ1) is 18.3. The Morgan fingerprint density at radius 3 is 2.58 bits per heavy atom. The molecule has 1 saturated carbocycles. The van der Waals surface area contributed by atoms with Crippen LogP contribution in [-0.2, 0) is 11.3 Å². The minimum Gasteiger partial charge on any atom is -0.353 e. The Labute approximate surface area is 161 Å². The molecule has 1 amide bonds. The lowest BCUT2D eigenvalue weighted by molar-refractivity contribution is -0.123. The molecule has 0 radical (unpaired) electrons. The topological polar surface area (TPSA) is 35.6 Å². The van der Waals surface area contributed by atoms with E-state index in [2.05, 4.69) is 27.2 Å². The number of nitrogens with zero attached hydrogens (tertiary/aromatic N) is 2. The summed E-state index contributed by atoms with van der Waals surface area (Å²) < 4.78 is 0. The lowest BCUT2D eigenvalue weighted by Crippen LogP contribution is -2.46. The van der Waals surface area contributed by atoms with Gasteiger partial charge in [0.2, 0.25) is 5.91 Å². The molecule has 1 unspecified atom stereocenters. The Kier molecular flexibility index (Phi) is 5.82. The number of piperazine rings is 1. The molecule has 3 atom stereocenters. The Hall–Kier alpha value is -1.10. The first-order valence-corrected chi connectivity index (χ1v) is 10.6. The summed E-state index contributed by atoms with van der Waals surface area (Å²) in [5.41, 5.74) is 1.22. The number of hydrogen-bond donors (Lipinski definition) is 1. The van der Waals surface area contributed by atoms with E-state index in [4.69, 9.17) is 11.6 Å². The number of halogens is 1. The monoisotopic (exact) mass is 375 g/mol. The molecule has 1 aliphatic carbocycles. The maximum atomic E-state index is 12.4. The van der Waals surface area contributed by atoms with Gasteiger partial charge in [-0.25, -0.2) is 0 Å². The van der Waals surface area contributed by atoms with Gasteiger partial charge in [0.15, 0.2) is 0 Å². The molecule has 1 aromatic carbocycles. The molecule has 1 N–H and O–H groups in total. The van der Waals surface area contributed by atoms with Crippen LogP contribution in [-0.4, -0.2) is 54.5 Å². The summed E-state index contributed by atoms with van der Waals surface area (Å²) in [6.45, 7) is 6.32. The van der Waals surface area contributed by atoms with Crippen LogP contribution in [0, 0.1) is 11.8 Å². The van der Waals surface area contributed by atoms with E-state index in [1.807, 2.05) is 12.1 Å². The van der Waals surface area contributed by atoms with Crippen LogP contribution >= 0.6 is 11.6 Å². The maximum Gasteiger partial charge on any atom is 0.223 e. The zero-order valence-corrected chi connectivity index (χ0v) is 16.3. The Morgan fingerprint density at radius 1 is 1.04 bits per heavy atom. The van der Waals surface area contributed by atoms with Gasteiger partial charge in [0, 0.05) is 49.7 Å². The summed E-state index contributed by atoms with van der Waals surface area (Å²) in [6.07, 6.45) is 6.03. The molecule has 0 bridgehead atoms. The molecule has 2 heterocycles. The summed E-state index contributed by atoms with van der Waals surface area (Å²) >= 11 is 6.29. The first-order chi connectivity index (χ1) is 12.7. The van der Waals surface area contributed by atoms with Crippen molar-refractivity contribution in [1.82, 2.24) is 15.1 Å². The van der Waals surface area contributed by atoms with Crippen molar-refractivity contribution in [3.05, 3.63) is 34.9 Å². The van der Waals surface area contributed by atoms with E-state index in [1.54, 1.807) is 0 Å². The minimum atomic E-state index is 0.251. The molecule has 0 aromatic heterocycles. The number of rotatable bonds is 5. The van der Waals surface area contributed by atoms with Gasteiger partial charge in [-0.1, -0.05) is 42.6 Å². The van der Waals surface area contributed by atoms with Crippen molar-refractivity contribution < 1.29 is 4.79 Å². The highest BCUT2D eigenvalue weighted by atomic mass is 35.5. The van der Waals surface area contributed by atoms with Gasteiger partial charge in [-0.15, -0.1) is 0 Å². The molecular weight excluding hydrogens is 346 g/mol. The van der Waals surface area contributed by atoms with Crippen molar-refractivity contribution >= 4 is 17.5 Å². The van der Waals surface area contributed by atoms with Crippen LogP contribution in [0.5, 0.6) is 0 Å². The third-order valence-corrected chi connectivity index (χ3v) is 6.94. The number of carbonyl (C=O) groups is 1. The third-order valence-electron chi connectivity index (χ3n) is 6.57. The number of hydrogen-bond acceptors (Lipinski definition) is 3. The highest BCUT2D eigenvalue weighted by Gasteiger charge is 2.42. The fraction of sp³-hybridized carbons (Fsp3) is 0.667. The molecule has 2 aliphatic heterocycles. The van der Waals surface area contributed by atoms with E-state index in [9.17, 15) is 4.79 Å². The molecule has 5 heteroatoms. The van der Waals surface area contributed by atoms with Crippen LogP contribution in [0.4, 0.5) is 0 Å². The lowest BCUT2D eigenvalue weighted by atomic mass is 9.78. The number of nitrogens with one attached hydrogen (secondary N) is 1. The smallest absolute Gasteiger partial charge is 0.223 e. The van der Waals surface area contributed by atoms with Crippen LogP contribution < -0.4 is 5.32 Å². The predicted molar refractivity (Wildman–Crippen MR) is 105 cm³/mol. The fourth-order valence-electron chi connectivity index (χ4n) is 5.01. The summed E-state index contributed by atoms with van der Waals surface area (Å²) in [6, 6.07) is 8.60. The number of carbonyl (C=O) groups excluding carboxylic acids is 1. The normalized spacial score (nSPS) is 30.2. The van der Waals surface area contributed by atoms with Crippen LogP contribution in [0.25, 0.3) is 0 Å². The van der Waals surface area contributed by atoms with Gasteiger partial charge < -0.3 is 10.2 Å². The van der Waals surface area contributed by atoms with Gasteiger partial charge in [-0.05, 0) is 43.4 Å². The molecule has 3 fully saturated rings. The molecule has 3 aliphatic rings. The molecule has 4 rings (SSSR count). The van der Waals surface area contributed by atoms with Crippen molar-refractivity contribution in [3.8, 4) is 0 Å². The maximum absolute atomic E-state index is 12.4. The van der Waals surface area contributed by atoms with E-state index >= 15 is 0 Å². The minimum absolute atomic E-state index is 0.251. The molecular formula is C21H30ClN3O. The number of amides is 1. The average Bonchev–Trinajstić information content (AvgIpc) is 2.98. The standard InChI is InChI=1S/C21H30ClN3O/c22-19-7-3-1-5-16(19)15-25-13-11-24(12-14-25)10-9-18-17-6-2-4-8-20(17)23-21(18)26/h1,3,5,7,17-18,20H,2,4,6,8-15H2,(H,23,26)/t17-,18?,20+/m0/s1. The van der Waals surface area contributed by atoms with E-state index in [-0.39, 0.29) is 5.92 Å². The Bertz CT molecular complexity index is 629. The van der Waals surface area contributed by atoms with Crippen molar-refractivity contribution in [2.24, 2.45) is 11.8 Å². The van der Waals surface area contributed by atoms with Gasteiger partial charge in [0.1, 0.15) is 0 Å². The van der Waals surface area contributed by atoms with E-state index in [0.29, 0.717) is 17.9 Å². The number of fused-ring (bicyclic) bond motifs is 1. The fourth-order valence-corrected chi connectivity index (χ4v) is 5.21. The van der Waals surface area contributed by atoms with Crippen LogP contribution in [0.1, 0.15) is 37.7 Å². The van der Waals surface area contributed by atoms with Crippen LogP contribution in [0.15, 0.2) is 24.3 Å². The average molecular weight is 376 g/mol. The van der Waals surface area contributed by atoms with E-state index < -0.39 is 0 Å². The van der Waals surface area contributed by atoms with Gasteiger partial charge in [0.25, 0.3) is 0 Å². The SMILES string of the molecule is O=C1N[C@@H]2CCCC[C@H]2C1CCN1CCN(Cc2ccccc2Cl)CC1. The molecule has 4 nitrogen and oxygen atoms in total. The van der Waals surface area contributed by atoms with Crippen LogP contribution in [0.3, 0.4) is 0 Å². The Balaban J connectivity index is 1.23. The van der Waals surface area contributed by atoms with Gasteiger partial charge in [-0.2, -0.15) is 0 Å². The largest absolute Gasteiger partial charge is 0.353 e. The second-order valence-corrected chi connectivity index (χ2v) is 8.57. The second-order valence-electron chi connectivity index (χ2n) is 8.17. The lowest BCUT2D eigenvalue weighted by Gasteiger charge is -2.35. The first-order valence-electron chi connectivity index (χ1n) is 10.2. The molecule has 2 saturated heterocycles. The van der Waals surface area contributed by atoms with Crippen molar-refractivity contribution in [2.45, 2.75) is 44.7 Å².